The molecule has 0 bridgehead atoms. The van der Waals surface area contributed by atoms with Crippen LogP contribution < -0.4 is 0 Å². The molecule has 2 N–H and O–H groups in total. The third kappa shape index (κ3) is 3.84. The maximum atomic E-state index is 16.2. The number of halogens is 3. The van der Waals surface area contributed by atoms with Crippen molar-refractivity contribution in [1.29, 1.82) is 0 Å². The molecule has 4 aromatic rings. The number of nitrogens with one attached hydrogen (secondary N) is 1. The monoisotopic (exact) mass is 501 g/mol. The number of methoxy groups -OCH3 is 1. The van der Waals surface area contributed by atoms with Crippen LogP contribution in [0.2, 0.25) is 0 Å². The topological polar surface area (TPSA) is 89.4 Å². The molecule has 2 atom stereocenters. The third-order valence-electron chi connectivity index (χ3n) is 6.91. The van der Waals surface area contributed by atoms with Crippen LogP contribution >= 0.6 is 0 Å². The first kappa shape index (κ1) is 24.3. The zero-order chi connectivity index (χ0) is 25.8. The van der Waals surface area contributed by atoms with E-state index in [0.29, 0.717) is 39.7 Å². The maximum Gasteiger partial charge on any atom is 0.332 e. The fraction of sp³-hybridized carbons (Fsp3) is 0.385. The van der Waals surface area contributed by atoms with Crippen LogP contribution in [0.15, 0.2) is 30.5 Å². The number of H-pyrrole nitrogens is 1. The number of nitrogens with zero attached hydrogens (tertiary/aromatic N) is 2. The highest BCUT2D eigenvalue weighted by Gasteiger charge is 2.38. The zero-order valence-electron chi connectivity index (χ0n) is 20.1. The molecule has 3 heterocycles. The first-order valence-electron chi connectivity index (χ1n) is 11.6. The van der Waals surface area contributed by atoms with Gasteiger partial charge in [0.25, 0.3) is 0 Å². The molecule has 0 amide bonds. The minimum atomic E-state index is -1.04. The van der Waals surface area contributed by atoms with Gasteiger partial charge in [-0.05, 0) is 36.6 Å². The molecule has 1 fully saturated rings. The quantitative estimate of drug-likeness (QED) is 0.379. The first-order chi connectivity index (χ1) is 17.1. The minimum absolute atomic E-state index is 0.0738. The molecule has 190 valence electrons. The highest BCUT2D eigenvalue weighted by atomic mass is 19.2. The second kappa shape index (κ2) is 8.94. The largest absolute Gasteiger partial charge is 0.479 e. The van der Waals surface area contributed by atoms with E-state index in [2.05, 4.69) is 10.2 Å². The second-order valence-electron chi connectivity index (χ2n) is 9.87. The Hall–Kier alpha value is -3.37. The lowest BCUT2D eigenvalue weighted by molar-refractivity contribution is -0.153. The van der Waals surface area contributed by atoms with Gasteiger partial charge in [-0.2, -0.15) is 5.10 Å². The molecule has 36 heavy (non-hydrogen) atoms. The molecule has 7 nitrogen and oxygen atoms in total. The normalized spacial score (nSPS) is 18.8. The Labute approximate surface area is 204 Å². The number of aromatic amines is 1. The summed E-state index contributed by atoms with van der Waals surface area (Å²) in [7, 11) is 1.56. The van der Waals surface area contributed by atoms with Crippen molar-refractivity contribution in [1.82, 2.24) is 14.8 Å². The number of aliphatic carboxylic acids is 1. The van der Waals surface area contributed by atoms with E-state index in [-0.39, 0.29) is 31.1 Å². The molecule has 10 heteroatoms. The van der Waals surface area contributed by atoms with Crippen molar-refractivity contribution < 1.29 is 32.5 Å². The van der Waals surface area contributed by atoms with Gasteiger partial charge >= 0.3 is 5.97 Å². The van der Waals surface area contributed by atoms with Crippen LogP contribution in [0, 0.1) is 17.5 Å². The summed E-state index contributed by atoms with van der Waals surface area (Å²) in [5.74, 6) is -3.91. The molecule has 1 saturated heterocycles. The molecular weight excluding hydrogens is 475 g/mol. The van der Waals surface area contributed by atoms with E-state index >= 15 is 4.39 Å². The van der Waals surface area contributed by atoms with Gasteiger partial charge in [-0.3, -0.25) is 5.10 Å². The summed E-state index contributed by atoms with van der Waals surface area (Å²) in [5.41, 5.74) is 1.61. The summed E-state index contributed by atoms with van der Waals surface area (Å²) in [6.45, 7) is 4.19. The fourth-order valence-electron chi connectivity index (χ4n) is 5.39. The van der Waals surface area contributed by atoms with Crippen LogP contribution in [0.25, 0.3) is 27.5 Å². The van der Waals surface area contributed by atoms with Crippen LogP contribution in [0.1, 0.15) is 43.9 Å². The van der Waals surface area contributed by atoms with E-state index in [1.807, 2.05) is 13.8 Å². The van der Waals surface area contributed by atoms with E-state index in [0.717, 1.165) is 12.1 Å². The molecule has 1 aliphatic heterocycles. The number of carboxylic acids is 1. The van der Waals surface area contributed by atoms with Gasteiger partial charge in [0.05, 0.1) is 24.9 Å². The number of carbonyl (C=O) groups is 1. The second-order valence-corrected chi connectivity index (χ2v) is 9.87. The summed E-state index contributed by atoms with van der Waals surface area (Å²) >= 11 is 0. The van der Waals surface area contributed by atoms with E-state index in [1.54, 1.807) is 17.7 Å². The summed E-state index contributed by atoms with van der Waals surface area (Å²) in [6.07, 6.45) is 1.28. The van der Waals surface area contributed by atoms with Crippen molar-refractivity contribution in [3.05, 3.63) is 59.2 Å². The predicted octanol–water partition coefficient (Wildman–Crippen LogP) is 5.20. The van der Waals surface area contributed by atoms with Crippen LogP contribution in [0.5, 0.6) is 0 Å². The minimum Gasteiger partial charge on any atom is -0.479 e. The van der Waals surface area contributed by atoms with Gasteiger partial charge in [-0.1, -0.05) is 13.8 Å². The van der Waals surface area contributed by atoms with E-state index in [1.165, 1.54) is 12.3 Å². The number of ether oxygens (including phenoxy) is 2. The molecule has 1 aliphatic rings. The molecule has 2 aromatic carbocycles. The van der Waals surface area contributed by atoms with Crippen molar-refractivity contribution >= 4 is 27.8 Å². The predicted molar refractivity (Wildman–Crippen MR) is 127 cm³/mol. The Morgan fingerprint density at radius 1 is 1.25 bits per heavy atom. The molecule has 0 aliphatic carbocycles. The van der Waals surface area contributed by atoms with Gasteiger partial charge in [-0.25, -0.2) is 18.0 Å². The molecule has 2 aromatic heterocycles. The fourth-order valence-corrected chi connectivity index (χ4v) is 5.39. The molecule has 0 saturated carbocycles. The zero-order valence-corrected chi connectivity index (χ0v) is 20.1. The lowest BCUT2D eigenvalue weighted by Gasteiger charge is -2.32. The van der Waals surface area contributed by atoms with Gasteiger partial charge < -0.3 is 19.1 Å². The smallest absolute Gasteiger partial charge is 0.332 e. The highest BCUT2D eigenvalue weighted by Crippen LogP contribution is 2.46. The molecule has 0 radical (unpaired) electrons. The van der Waals surface area contributed by atoms with Crippen LogP contribution in [0.4, 0.5) is 13.2 Å². The van der Waals surface area contributed by atoms with Crippen molar-refractivity contribution in [3.8, 4) is 5.69 Å². The molecular formula is C26H26F3N3O4. The summed E-state index contributed by atoms with van der Waals surface area (Å²) in [4.78, 5) is 11.5. The number of hydrogen-bond donors (Lipinski definition) is 2. The van der Waals surface area contributed by atoms with Crippen LogP contribution in [-0.2, 0) is 19.7 Å². The SMILES string of the molecule is COCC(C)(C)c1c([C@@H]2CCC(C(=O)O)OC2)c2c(F)c3[nH]ncc3cc2n1-c1ccc(F)c(F)c1. The molecule has 0 spiro atoms. The van der Waals surface area contributed by atoms with Crippen molar-refractivity contribution in [3.63, 3.8) is 0 Å². The van der Waals surface area contributed by atoms with E-state index in [9.17, 15) is 18.7 Å². The average Bonchev–Trinajstić information content (AvgIpc) is 3.45. The van der Waals surface area contributed by atoms with Crippen LogP contribution in [-0.4, -0.2) is 52.3 Å². The van der Waals surface area contributed by atoms with E-state index < -0.39 is 34.9 Å². The summed E-state index contributed by atoms with van der Waals surface area (Å²) < 4.78 is 57.4. The first-order valence-corrected chi connectivity index (χ1v) is 11.6. The Morgan fingerprint density at radius 2 is 2.03 bits per heavy atom. The Bertz CT molecular complexity index is 1470. The summed E-state index contributed by atoms with van der Waals surface area (Å²) in [5, 5.41) is 16.9. The molecule has 1 unspecified atom stereocenters. The average molecular weight is 502 g/mol. The number of hydrogen-bond acceptors (Lipinski definition) is 4. The van der Waals surface area contributed by atoms with Crippen molar-refractivity contribution in [2.24, 2.45) is 0 Å². The maximum absolute atomic E-state index is 16.2. The van der Waals surface area contributed by atoms with Crippen LogP contribution in [0.3, 0.4) is 0 Å². The van der Waals surface area contributed by atoms with Gasteiger partial charge in [0.1, 0.15) is 5.52 Å². The van der Waals surface area contributed by atoms with Gasteiger partial charge in [0.15, 0.2) is 23.6 Å². The van der Waals surface area contributed by atoms with Crippen molar-refractivity contribution in [2.75, 3.05) is 20.3 Å². The molecule has 5 rings (SSSR count). The highest BCUT2D eigenvalue weighted by molar-refractivity contribution is 6.00. The standard InChI is InChI=1S/C26H26F3N3O4/c1-26(2,12-35-3)24-20(13-4-7-19(25(33)34)36-11-13)21-18(8-14-10-30-31-23(14)22(21)29)32(24)15-5-6-16(27)17(28)9-15/h5-6,8-10,13,19H,4,7,11-12H2,1-3H3,(H,30,31)(H,33,34)/t13-,19?/m1/s1. The van der Waals surface area contributed by atoms with Crippen molar-refractivity contribution in [2.45, 2.75) is 44.1 Å². The third-order valence-corrected chi connectivity index (χ3v) is 6.91. The number of carboxylic acid groups (broad SMARTS) is 1. The number of fused-ring (bicyclic) bond motifs is 2. The van der Waals surface area contributed by atoms with Gasteiger partial charge in [0.2, 0.25) is 0 Å². The summed E-state index contributed by atoms with van der Waals surface area (Å²) in [6, 6.07) is 5.33. The number of aromatic nitrogens is 3. The lowest BCUT2D eigenvalue weighted by atomic mass is 9.80. The Balaban J connectivity index is 1.87. The number of benzene rings is 2. The van der Waals surface area contributed by atoms with E-state index in [4.69, 9.17) is 9.47 Å². The van der Waals surface area contributed by atoms with Gasteiger partial charge in [0, 0.05) is 46.7 Å². The lowest BCUT2D eigenvalue weighted by Crippen LogP contribution is -2.33. The van der Waals surface area contributed by atoms with Gasteiger partial charge in [-0.15, -0.1) is 0 Å². The Kier molecular flexibility index (Phi) is 6.04. The number of rotatable bonds is 6. The Morgan fingerprint density at radius 3 is 2.67 bits per heavy atom.